The van der Waals surface area contributed by atoms with E-state index in [4.69, 9.17) is 14.6 Å². The van der Waals surface area contributed by atoms with Crippen LogP contribution in [0.25, 0.3) is 0 Å². The third kappa shape index (κ3) is 7.04. The Morgan fingerprint density at radius 3 is 2.58 bits per heavy atom. The molecule has 3 rings (SSSR count). The topological polar surface area (TPSA) is 87.9 Å². The maximum Gasteiger partial charge on any atom is 0.490 e. The molecule has 1 atom stereocenters. The van der Waals surface area contributed by atoms with Crippen molar-refractivity contribution in [2.24, 2.45) is 0 Å². The minimum atomic E-state index is -5.08. The zero-order valence-corrected chi connectivity index (χ0v) is 18.2. The van der Waals surface area contributed by atoms with Gasteiger partial charge in [-0.25, -0.2) is 9.78 Å². The Morgan fingerprint density at radius 2 is 2.03 bits per heavy atom. The number of amides is 1. The molecule has 172 valence electrons. The first-order valence-electron chi connectivity index (χ1n) is 9.39. The fourth-order valence-corrected chi connectivity index (χ4v) is 3.64. The summed E-state index contributed by atoms with van der Waals surface area (Å²) >= 11 is 1.80. The van der Waals surface area contributed by atoms with Crippen LogP contribution >= 0.6 is 11.3 Å². The molecule has 2 aromatic rings. The molecule has 0 fully saturated rings. The van der Waals surface area contributed by atoms with Gasteiger partial charge in [-0.1, -0.05) is 6.07 Å². The summed E-state index contributed by atoms with van der Waals surface area (Å²) in [5, 5.41) is 9.25. The molecule has 8 nitrogen and oxygen atoms in total. The largest absolute Gasteiger partial charge is 0.490 e. The summed E-state index contributed by atoms with van der Waals surface area (Å²) in [5.74, 6) is -1.70. The van der Waals surface area contributed by atoms with Crippen molar-refractivity contribution in [3.05, 3.63) is 40.1 Å². The third-order valence-corrected chi connectivity index (χ3v) is 5.52. The van der Waals surface area contributed by atoms with E-state index in [0.29, 0.717) is 6.61 Å². The molecular formula is C19H25F3N4O4S. The zero-order valence-electron chi connectivity index (χ0n) is 17.4. The average Bonchev–Trinajstić information content (AvgIpc) is 3.34. The number of ether oxygens (including phenoxy) is 1. The van der Waals surface area contributed by atoms with E-state index in [1.165, 1.54) is 9.78 Å². The van der Waals surface area contributed by atoms with Gasteiger partial charge in [-0.2, -0.15) is 13.2 Å². The predicted octanol–water partition coefficient (Wildman–Crippen LogP) is 2.76. The molecule has 0 radical (unpaired) electrons. The fourth-order valence-electron chi connectivity index (χ4n) is 2.91. The van der Waals surface area contributed by atoms with Gasteiger partial charge in [0.25, 0.3) is 0 Å². The summed E-state index contributed by atoms with van der Waals surface area (Å²) in [4.78, 5) is 30.4. The number of thiophene rings is 1. The Morgan fingerprint density at radius 1 is 1.35 bits per heavy atom. The van der Waals surface area contributed by atoms with E-state index in [1.54, 1.807) is 25.4 Å². The molecule has 0 saturated carbocycles. The second kappa shape index (κ2) is 10.7. The van der Waals surface area contributed by atoms with Crippen molar-refractivity contribution in [1.29, 1.82) is 0 Å². The lowest BCUT2D eigenvalue weighted by Crippen LogP contribution is -2.37. The van der Waals surface area contributed by atoms with Gasteiger partial charge in [0.1, 0.15) is 12.4 Å². The van der Waals surface area contributed by atoms with Gasteiger partial charge in [0, 0.05) is 38.6 Å². The molecule has 0 aromatic carbocycles. The standard InChI is InChI=1S/C17H24N4O2S.C2HF3O2/c1-13-17-18-9-14(11-23-12-16(22)19(2)3)21(17)7-6-20(13)10-15-5-4-8-24-15;3-2(4,5)1(6)7/h4-5,8-9,13H,6-7,10-12H2,1-3H3;(H,6,7). The van der Waals surface area contributed by atoms with Crippen LogP contribution in [0.5, 0.6) is 0 Å². The second-order valence-electron chi connectivity index (χ2n) is 7.07. The highest BCUT2D eigenvalue weighted by atomic mass is 32.1. The number of nitrogens with zero attached hydrogens (tertiary/aromatic N) is 4. The number of carboxylic acid groups (broad SMARTS) is 1. The lowest BCUT2D eigenvalue weighted by atomic mass is 10.2. The first-order chi connectivity index (χ1) is 14.5. The summed E-state index contributed by atoms with van der Waals surface area (Å²) in [7, 11) is 3.46. The maximum atomic E-state index is 11.6. The molecule has 0 saturated heterocycles. The number of aliphatic carboxylic acids is 1. The van der Waals surface area contributed by atoms with Crippen LogP contribution in [0.1, 0.15) is 29.4 Å². The van der Waals surface area contributed by atoms with Crippen LogP contribution in [-0.4, -0.2) is 69.8 Å². The number of likely N-dealkylation sites (N-methyl/N-ethyl adjacent to an activating group) is 1. The minimum Gasteiger partial charge on any atom is -0.475 e. The van der Waals surface area contributed by atoms with Crippen LogP contribution in [0, 0.1) is 0 Å². The Kier molecular flexibility index (Phi) is 8.60. The molecule has 31 heavy (non-hydrogen) atoms. The second-order valence-corrected chi connectivity index (χ2v) is 8.10. The number of halogens is 3. The first kappa shape index (κ1) is 24.8. The molecule has 1 N–H and O–H groups in total. The smallest absolute Gasteiger partial charge is 0.475 e. The van der Waals surface area contributed by atoms with Gasteiger partial charge >= 0.3 is 12.1 Å². The Hall–Kier alpha value is -2.44. The van der Waals surface area contributed by atoms with Crippen molar-refractivity contribution in [3.63, 3.8) is 0 Å². The van der Waals surface area contributed by atoms with Crippen molar-refractivity contribution in [2.75, 3.05) is 27.2 Å². The Labute approximate surface area is 181 Å². The fraction of sp³-hybridized carbons (Fsp3) is 0.526. The highest BCUT2D eigenvalue weighted by Gasteiger charge is 2.38. The number of rotatable bonds is 6. The van der Waals surface area contributed by atoms with Crippen molar-refractivity contribution in [2.45, 2.75) is 38.8 Å². The Bertz CT molecular complexity index is 868. The highest BCUT2D eigenvalue weighted by Crippen LogP contribution is 2.28. The van der Waals surface area contributed by atoms with E-state index < -0.39 is 12.1 Å². The van der Waals surface area contributed by atoms with Crippen LogP contribution < -0.4 is 0 Å². The monoisotopic (exact) mass is 462 g/mol. The van der Waals surface area contributed by atoms with Crippen LogP contribution in [0.3, 0.4) is 0 Å². The van der Waals surface area contributed by atoms with Gasteiger partial charge < -0.3 is 19.3 Å². The number of aromatic nitrogens is 2. The molecule has 12 heteroatoms. The van der Waals surface area contributed by atoms with E-state index in [9.17, 15) is 18.0 Å². The molecule has 3 heterocycles. The van der Waals surface area contributed by atoms with Crippen molar-refractivity contribution in [1.82, 2.24) is 19.4 Å². The highest BCUT2D eigenvalue weighted by molar-refractivity contribution is 7.09. The zero-order chi connectivity index (χ0) is 23.2. The summed E-state index contributed by atoms with van der Waals surface area (Å²) < 4.78 is 39.5. The lowest BCUT2D eigenvalue weighted by molar-refractivity contribution is -0.192. The molecule has 2 aromatic heterocycles. The average molecular weight is 462 g/mol. The molecule has 0 bridgehead atoms. The normalized spacial score (nSPS) is 16.3. The summed E-state index contributed by atoms with van der Waals surface area (Å²) in [6.07, 6.45) is -3.21. The summed E-state index contributed by atoms with van der Waals surface area (Å²) in [5.41, 5.74) is 1.04. The minimum absolute atomic E-state index is 0.0242. The quantitative estimate of drug-likeness (QED) is 0.710. The Balaban J connectivity index is 0.000000423. The molecule has 1 unspecified atom stereocenters. The predicted molar refractivity (Wildman–Crippen MR) is 107 cm³/mol. The van der Waals surface area contributed by atoms with E-state index in [0.717, 1.165) is 31.2 Å². The third-order valence-electron chi connectivity index (χ3n) is 4.66. The molecule has 1 amide bonds. The van der Waals surface area contributed by atoms with Crippen LogP contribution in [-0.2, 0) is 34.0 Å². The van der Waals surface area contributed by atoms with E-state index in [1.807, 2.05) is 6.20 Å². The van der Waals surface area contributed by atoms with E-state index in [-0.39, 0.29) is 18.6 Å². The number of carbonyl (C=O) groups is 2. The number of alkyl halides is 3. The SMILES string of the molecule is CC1c2ncc(COCC(=O)N(C)C)n2CCN1Cc1cccs1.O=C(O)C(F)(F)F. The van der Waals surface area contributed by atoms with Crippen LogP contribution in [0.2, 0.25) is 0 Å². The van der Waals surface area contributed by atoms with Crippen molar-refractivity contribution in [3.8, 4) is 0 Å². The van der Waals surface area contributed by atoms with Gasteiger partial charge in [0.15, 0.2) is 0 Å². The van der Waals surface area contributed by atoms with Gasteiger partial charge in [-0.15, -0.1) is 11.3 Å². The van der Waals surface area contributed by atoms with Crippen LogP contribution in [0.4, 0.5) is 13.2 Å². The number of carbonyl (C=O) groups excluding carboxylic acids is 1. The van der Waals surface area contributed by atoms with Gasteiger partial charge in [-0.3, -0.25) is 9.69 Å². The number of carboxylic acids is 1. The first-order valence-corrected chi connectivity index (χ1v) is 10.3. The molecule has 0 aliphatic carbocycles. The number of fused-ring (bicyclic) bond motifs is 1. The van der Waals surface area contributed by atoms with Gasteiger partial charge in [0.05, 0.1) is 24.5 Å². The van der Waals surface area contributed by atoms with E-state index in [2.05, 4.69) is 38.9 Å². The lowest BCUT2D eigenvalue weighted by Gasteiger charge is -2.34. The molecule has 1 aliphatic rings. The maximum absolute atomic E-state index is 11.6. The molecule has 0 spiro atoms. The number of hydrogen-bond donors (Lipinski definition) is 1. The van der Waals surface area contributed by atoms with Crippen LogP contribution in [0.15, 0.2) is 23.7 Å². The number of hydrogen-bond acceptors (Lipinski definition) is 6. The molecular weight excluding hydrogens is 437 g/mol. The summed E-state index contributed by atoms with van der Waals surface area (Å²) in [6.45, 7) is 5.59. The van der Waals surface area contributed by atoms with Crippen molar-refractivity contribution < 1.29 is 32.6 Å². The van der Waals surface area contributed by atoms with Gasteiger partial charge in [0.2, 0.25) is 5.91 Å². The number of imidazole rings is 1. The molecule has 1 aliphatic heterocycles. The van der Waals surface area contributed by atoms with E-state index >= 15 is 0 Å². The van der Waals surface area contributed by atoms with Gasteiger partial charge in [-0.05, 0) is 18.4 Å². The summed E-state index contributed by atoms with van der Waals surface area (Å²) in [6, 6.07) is 4.55. The van der Waals surface area contributed by atoms with Crippen molar-refractivity contribution >= 4 is 23.2 Å².